The van der Waals surface area contributed by atoms with Gasteiger partial charge in [0.2, 0.25) is 5.91 Å². The third-order valence-electron chi connectivity index (χ3n) is 2.62. The molecule has 1 aromatic rings. The topological polar surface area (TPSA) is 43.1 Å². The van der Waals surface area contributed by atoms with Crippen LogP contribution in [0.4, 0.5) is 0 Å². The van der Waals surface area contributed by atoms with Gasteiger partial charge in [-0.25, -0.2) is 0 Å². The van der Waals surface area contributed by atoms with Crippen LogP contribution in [-0.2, 0) is 6.42 Å². The quantitative estimate of drug-likeness (QED) is 0.806. The Morgan fingerprint density at radius 3 is 2.53 bits per heavy atom. The number of hydrogen-bond acceptors (Lipinski definition) is 1. The van der Waals surface area contributed by atoms with E-state index in [4.69, 9.17) is 5.73 Å². The molecule has 0 aliphatic heterocycles. The molecule has 0 saturated heterocycles. The first-order valence-electron chi connectivity index (χ1n) is 5.40. The maximum absolute atomic E-state index is 11.0. The van der Waals surface area contributed by atoms with E-state index in [2.05, 4.69) is 13.8 Å². The van der Waals surface area contributed by atoms with Crippen molar-refractivity contribution in [3.8, 4) is 0 Å². The molecule has 0 fully saturated rings. The lowest BCUT2D eigenvalue weighted by Crippen LogP contribution is -2.11. The molecule has 0 spiro atoms. The van der Waals surface area contributed by atoms with Crippen LogP contribution in [-0.4, -0.2) is 5.91 Å². The van der Waals surface area contributed by atoms with Crippen LogP contribution in [0.5, 0.6) is 0 Å². The third-order valence-corrected chi connectivity index (χ3v) is 2.62. The van der Waals surface area contributed by atoms with Crippen molar-refractivity contribution in [2.45, 2.75) is 33.6 Å². The molecule has 1 rings (SSSR count). The number of rotatable bonds is 4. The molecule has 1 aromatic carbocycles. The van der Waals surface area contributed by atoms with Gasteiger partial charge < -0.3 is 5.73 Å². The molecule has 0 heterocycles. The molecule has 1 amide bonds. The number of primary amides is 1. The lowest BCUT2D eigenvalue weighted by molar-refractivity contribution is 0.1000. The average molecular weight is 205 g/mol. The first-order chi connectivity index (χ1) is 7.00. The van der Waals surface area contributed by atoms with E-state index in [-0.39, 0.29) is 5.91 Å². The van der Waals surface area contributed by atoms with Gasteiger partial charge in [-0.2, -0.15) is 0 Å². The standard InChI is InChI=1S/C13H19NO/c1-9(2)4-5-11-6-7-12(13(14)15)8-10(11)3/h6-9H,4-5H2,1-3H3,(H2,14,15). The van der Waals surface area contributed by atoms with Gasteiger partial charge in [-0.15, -0.1) is 0 Å². The summed E-state index contributed by atoms with van der Waals surface area (Å²) in [6.45, 7) is 6.46. The first-order valence-corrected chi connectivity index (χ1v) is 5.40. The van der Waals surface area contributed by atoms with Crippen LogP contribution in [0.25, 0.3) is 0 Å². The van der Waals surface area contributed by atoms with Crippen molar-refractivity contribution in [1.29, 1.82) is 0 Å². The fourth-order valence-corrected chi connectivity index (χ4v) is 1.57. The van der Waals surface area contributed by atoms with E-state index in [0.29, 0.717) is 11.5 Å². The van der Waals surface area contributed by atoms with Crippen molar-refractivity contribution in [3.05, 3.63) is 34.9 Å². The summed E-state index contributed by atoms with van der Waals surface area (Å²) in [6.07, 6.45) is 2.25. The average Bonchev–Trinajstić information content (AvgIpc) is 2.15. The molecule has 82 valence electrons. The predicted octanol–water partition coefficient (Wildman–Crippen LogP) is 2.68. The molecule has 0 aliphatic rings. The molecule has 15 heavy (non-hydrogen) atoms. The Balaban J connectivity index is 2.79. The number of aryl methyl sites for hydroxylation is 2. The summed E-state index contributed by atoms with van der Waals surface area (Å²) >= 11 is 0. The van der Waals surface area contributed by atoms with Gasteiger partial charge in [0.15, 0.2) is 0 Å². The Kier molecular flexibility index (Phi) is 3.89. The van der Waals surface area contributed by atoms with E-state index in [0.717, 1.165) is 12.0 Å². The zero-order chi connectivity index (χ0) is 11.4. The van der Waals surface area contributed by atoms with Gasteiger partial charge >= 0.3 is 0 Å². The number of benzene rings is 1. The summed E-state index contributed by atoms with van der Waals surface area (Å²) < 4.78 is 0. The normalized spacial score (nSPS) is 10.7. The monoisotopic (exact) mass is 205 g/mol. The van der Waals surface area contributed by atoms with Crippen molar-refractivity contribution in [2.24, 2.45) is 11.7 Å². The van der Waals surface area contributed by atoms with E-state index in [1.165, 1.54) is 12.0 Å². The van der Waals surface area contributed by atoms with E-state index >= 15 is 0 Å². The van der Waals surface area contributed by atoms with Crippen molar-refractivity contribution in [2.75, 3.05) is 0 Å². The van der Waals surface area contributed by atoms with Gasteiger partial charge in [-0.05, 0) is 48.9 Å². The first kappa shape index (κ1) is 11.8. The molecule has 2 N–H and O–H groups in total. The minimum atomic E-state index is -0.353. The van der Waals surface area contributed by atoms with Crippen LogP contribution >= 0.6 is 0 Å². The maximum Gasteiger partial charge on any atom is 0.248 e. The molecule has 0 saturated carbocycles. The highest BCUT2D eigenvalue weighted by molar-refractivity contribution is 5.93. The molecular formula is C13H19NO. The summed E-state index contributed by atoms with van der Waals surface area (Å²) in [4.78, 5) is 11.0. The van der Waals surface area contributed by atoms with Gasteiger partial charge in [0, 0.05) is 5.56 Å². The van der Waals surface area contributed by atoms with Crippen LogP contribution in [0, 0.1) is 12.8 Å². The minimum absolute atomic E-state index is 0.353. The van der Waals surface area contributed by atoms with Crippen LogP contribution in [0.15, 0.2) is 18.2 Å². The Bertz CT molecular complexity index is 356. The lowest BCUT2D eigenvalue weighted by atomic mass is 9.97. The molecular weight excluding hydrogens is 186 g/mol. The number of hydrogen-bond donors (Lipinski definition) is 1. The summed E-state index contributed by atoms with van der Waals surface area (Å²) in [6, 6.07) is 5.70. The molecule has 2 nitrogen and oxygen atoms in total. The lowest BCUT2D eigenvalue weighted by Gasteiger charge is -2.08. The van der Waals surface area contributed by atoms with E-state index in [9.17, 15) is 4.79 Å². The van der Waals surface area contributed by atoms with E-state index < -0.39 is 0 Å². The summed E-state index contributed by atoms with van der Waals surface area (Å²) in [7, 11) is 0. The van der Waals surface area contributed by atoms with Gasteiger partial charge in [-0.1, -0.05) is 19.9 Å². The highest BCUT2D eigenvalue weighted by Gasteiger charge is 2.04. The fourth-order valence-electron chi connectivity index (χ4n) is 1.57. The molecule has 0 radical (unpaired) electrons. The largest absolute Gasteiger partial charge is 0.366 e. The highest BCUT2D eigenvalue weighted by atomic mass is 16.1. The Labute approximate surface area is 91.5 Å². The highest BCUT2D eigenvalue weighted by Crippen LogP contribution is 2.15. The molecule has 2 heteroatoms. The Hall–Kier alpha value is -1.31. The summed E-state index contributed by atoms with van der Waals surface area (Å²) in [5.74, 6) is 0.355. The second kappa shape index (κ2) is 4.96. The van der Waals surface area contributed by atoms with Gasteiger partial charge in [-0.3, -0.25) is 4.79 Å². The van der Waals surface area contributed by atoms with Crippen LogP contribution in [0.3, 0.4) is 0 Å². The maximum atomic E-state index is 11.0. The Morgan fingerprint density at radius 2 is 2.07 bits per heavy atom. The summed E-state index contributed by atoms with van der Waals surface area (Å²) in [5.41, 5.74) is 8.29. The van der Waals surface area contributed by atoms with E-state index in [1.54, 1.807) is 0 Å². The Morgan fingerprint density at radius 1 is 1.40 bits per heavy atom. The summed E-state index contributed by atoms with van der Waals surface area (Å²) in [5, 5.41) is 0. The van der Waals surface area contributed by atoms with Crippen molar-refractivity contribution < 1.29 is 4.79 Å². The molecule has 0 aliphatic carbocycles. The van der Waals surface area contributed by atoms with Crippen LogP contribution < -0.4 is 5.73 Å². The minimum Gasteiger partial charge on any atom is -0.366 e. The zero-order valence-corrected chi connectivity index (χ0v) is 9.71. The van der Waals surface area contributed by atoms with Crippen LogP contribution in [0.1, 0.15) is 41.8 Å². The fraction of sp³-hybridized carbons (Fsp3) is 0.462. The second-order valence-electron chi connectivity index (χ2n) is 4.44. The van der Waals surface area contributed by atoms with Crippen molar-refractivity contribution >= 4 is 5.91 Å². The van der Waals surface area contributed by atoms with Crippen molar-refractivity contribution in [1.82, 2.24) is 0 Å². The number of amides is 1. The predicted molar refractivity (Wildman–Crippen MR) is 62.9 cm³/mol. The SMILES string of the molecule is Cc1cc(C(N)=O)ccc1CCC(C)C. The zero-order valence-electron chi connectivity index (χ0n) is 9.71. The third kappa shape index (κ3) is 3.39. The smallest absolute Gasteiger partial charge is 0.248 e. The number of carbonyl (C=O) groups is 1. The molecule has 0 bridgehead atoms. The molecule has 0 unspecified atom stereocenters. The molecule has 0 atom stereocenters. The number of carbonyl (C=O) groups excluding carboxylic acids is 1. The van der Waals surface area contributed by atoms with Gasteiger partial charge in [0.05, 0.1) is 0 Å². The van der Waals surface area contributed by atoms with E-state index in [1.807, 2.05) is 25.1 Å². The number of nitrogens with two attached hydrogens (primary N) is 1. The second-order valence-corrected chi connectivity index (χ2v) is 4.44. The molecule has 0 aromatic heterocycles. The van der Waals surface area contributed by atoms with Crippen molar-refractivity contribution in [3.63, 3.8) is 0 Å². The van der Waals surface area contributed by atoms with Crippen LogP contribution in [0.2, 0.25) is 0 Å². The van der Waals surface area contributed by atoms with Gasteiger partial charge in [0.1, 0.15) is 0 Å². The van der Waals surface area contributed by atoms with Gasteiger partial charge in [0.25, 0.3) is 0 Å².